The molecule has 0 aliphatic carbocycles. The van der Waals surface area contributed by atoms with Crippen molar-refractivity contribution in [1.29, 1.82) is 0 Å². The zero-order valence-electron chi connectivity index (χ0n) is 14.9. The zero-order valence-corrected chi connectivity index (χ0v) is 15.7. The van der Waals surface area contributed by atoms with Crippen molar-refractivity contribution < 1.29 is 19.1 Å². The van der Waals surface area contributed by atoms with Gasteiger partial charge in [-0.2, -0.15) is 0 Å². The van der Waals surface area contributed by atoms with Crippen molar-refractivity contribution in [3.63, 3.8) is 0 Å². The van der Waals surface area contributed by atoms with Crippen LogP contribution in [0.5, 0.6) is 0 Å². The van der Waals surface area contributed by atoms with Crippen LogP contribution < -0.4 is 5.32 Å². The number of rotatable bonds is 3. The molecule has 1 N–H and O–H groups in total. The number of carbonyl (C=O) groups is 2. The second kappa shape index (κ2) is 5.54. The molecule has 0 radical (unpaired) electrons. The SMILES string of the molecule is CC1(C)C[C@]2(C[C@](C)(c3csc(Nc4ccccc4)n3)OC2=O)C(=O)O1. The summed E-state index contributed by atoms with van der Waals surface area (Å²) in [7, 11) is 0. The number of carbonyl (C=O) groups excluding carboxylic acids is 2. The Kier molecular flexibility index (Phi) is 3.63. The molecule has 0 saturated carbocycles. The Morgan fingerprint density at radius 3 is 2.38 bits per heavy atom. The number of anilines is 2. The minimum atomic E-state index is -1.23. The van der Waals surface area contributed by atoms with Gasteiger partial charge in [-0.25, -0.2) is 4.98 Å². The maximum absolute atomic E-state index is 12.6. The maximum atomic E-state index is 12.6. The predicted octanol–water partition coefficient (Wildman–Crippen LogP) is 3.76. The molecular formula is C19H20N2O4S. The highest BCUT2D eigenvalue weighted by atomic mass is 32.1. The second-order valence-electron chi connectivity index (χ2n) is 7.73. The molecule has 3 heterocycles. The topological polar surface area (TPSA) is 77.5 Å². The van der Waals surface area contributed by atoms with Crippen LogP contribution >= 0.6 is 11.3 Å². The number of nitrogens with zero attached hydrogens (tertiary/aromatic N) is 1. The van der Waals surface area contributed by atoms with Crippen molar-refractivity contribution >= 4 is 34.1 Å². The fourth-order valence-electron chi connectivity index (χ4n) is 3.82. The van der Waals surface area contributed by atoms with Gasteiger partial charge in [-0.05, 0) is 32.9 Å². The summed E-state index contributed by atoms with van der Waals surface area (Å²) in [5.74, 6) is -1.00. The standard InChI is InChI=1S/C19H20N2O4S/c1-17(2)10-19(14(22)24-17)11-18(3,25-15(19)23)13-9-26-16(21-13)20-12-7-5-4-6-8-12/h4-9H,10-11H2,1-3H3,(H,20,21)/t18-,19+/m1/s1. The first-order valence-corrected chi connectivity index (χ1v) is 9.36. The summed E-state index contributed by atoms with van der Waals surface area (Å²) < 4.78 is 11.1. The molecule has 1 spiro atoms. The van der Waals surface area contributed by atoms with Gasteiger partial charge in [0.2, 0.25) is 0 Å². The monoisotopic (exact) mass is 372 g/mol. The molecule has 1 aromatic heterocycles. The normalized spacial score (nSPS) is 29.7. The number of ether oxygens (including phenoxy) is 2. The highest BCUT2D eigenvalue weighted by Crippen LogP contribution is 2.54. The largest absolute Gasteiger partial charge is 0.459 e. The molecule has 7 heteroatoms. The molecule has 0 bridgehead atoms. The fraction of sp³-hybridized carbons (Fsp3) is 0.421. The number of cyclic esters (lactones) is 2. The molecule has 136 valence electrons. The third-order valence-corrected chi connectivity index (χ3v) is 5.66. The van der Waals surface area contributed by atoms with Crippen LogP contribution in [0.4, 0.5) is 10.8 Å². The third kappa shape index (κ3) is 2.67. The second-order valence-corrected chi connectivity index (χ2v) is 8.59. The number of esters is 2. The van der Waals surface area contributed by atoms with E-state index in [0.29, 0.717) is 17.2 Å². The van der Waals surface area contributed by atoms with E-state index >= 15 is 0 Å². The molecule has 6 nitrogen and oxygen atoms in total. The number of hydrogen-bond donors (Lipinski definition) is 1. The molecule has 4 rings (SSSR count). The van der Waals surface area contributed by atoms with E-state index in [1.165, 1.54) is 11.3 Å². The Balaban J connectivity index is 1.59. The summed E-state index contributed by atoms with van der Waals surface area (Å²) in [4.78, 5) is 29.6. The molecule has 0 amide bonds. The molecule has 0 unspecified atom stereocenters. The van der Waals surface area contributed by atoms with Gasteiger partial charge in [0, 0.05) is 23.9 Å². The van der Waals surface area contributed by atoms with Crippen molar-refractivity contribution in [3.8, 4) is 0 Å². The molecule has 2 saturated heterocycles. The van der Waals surface area contributed by atoms with Crippen LogP contribution in [0.2, 0.25) is 0 Å². The van der Waals surface area contributed by atoms with E-state index in [9.17, 15) is 9.59 Å². The number of para-hydroxylation sites is 1. The van der Waals surface area contributed by atoms with Crippen LogP contribution in [-0.4, -0.2) is 22.5 Å². The lowest BCUT2D eigenvalue weighted by molar-refractivity contribution is -0.161. The van der Waals surface area contributed by atoms with Crippen molar-refractivity contribution in [1.82, 2.24) is 4.98 Å². The maximum Gasteiger partial charge on any atom is 0.324 e. The summed E-state index contributed by atoms with van der Waals surface area (Å²) in [6.45, 7) is 5.43. The summed E-state index contributed by atoms with van der Waals surface area (Å²) in [5, 5.41) is 5.81. The van der Waals surface area contributed by atoms with Crippen LogP contribution in [-0.2, 0) is 24.7 Å². The van der Waals surface area contributed by atoms with E-state index < -0.39 is 28.6 Å². The molecule has 2 atom stereocenters. The summed E-state index contributed by atoms with van der Waals surface area (Å²) in [5.41, 5.74) is -1.26. The average molecular weight is 372 g/mol. The minimum absolute atomic E-state index is 0.246. The van der Waals surface area contributed by atoms with E-state index in [2.05, 4.69) is 10.3 Å². The molecular weight excluding hydrogens is 352 g/mol. The smallest absolute Gasteiger partial charge is 0.324 e. The minimum Gasteiger partial charge on any atom is -0.459 e. The van der Waals surface area contributed by atoms with Gasteiger partial charge in [-0.3, -0.25) is 9.59 Å². The van der Waals surface area contributed by atoms with E-state index in [0.717, 1.165) is 5.69 Å². The Hall–Kier alpha value is -2.41. The number of thiazole rings is 1. The van der Waals surface area contributed by atoms with Crippen molar-refractivity contribution in [2.24, 2.45) is 5.41 Å². The van der Waals surface area contributed by atoms with E-state index in [-0.39, 0.29) is 6.42 Å². The molecule has 2 aliphatic heterocycles. The lowest BCUT2D eigenvalue weighted by Crippen LogP contribution is -2.32. The fourth-order valence-corrected chi connectivity index (χ4v) is 4.68. The molecule has 2 aliphatic rings. The van der Waals surface area contributed by atoms with Crippen LogP contribution in [0.25, 0.3) is 0 Å². The van der Waals surface area contributed by atoms with E-state index in [1.807, 2.05) is 49.6 Å². The van der Waals surface area contributed by atoms with E-state index in [1.54, 1.807) is 6.92 Å². The first-order chi connectivity index (χ1) is 12.2. The van der Waals surface area contributed by atoms with Crippen molar-refractivity contribution in [3.05, 3.63) is 41.4 Å². The number of nitrogens with one attached hydrogen (secondary N) is 1. The van der Waals surface area contributed by atoms with Gasteiger partial charge < -0.3 is 14.8 Å². The molecule has 26 heavy (non-hydrogen) atoms. The number of benzene rings is 1. The number of hydrogen-bond acceptors (Lipinski definition) is 7. The first-order valence-electron chi connectivity index (χ1n) is 8.48. The van der Waals surface area contributed by atoms with Gasteiger partial charge in [-0.1, -0.05) is 18.2 Å². The van der Waals surface area contributed by atoms with Gasteiger partial charge >= 0.3 is 11.9 Å². The van der Waals surface area contributed by atoms with Crippen molar-refractivity contribution in [2.75, 3.05) is 5.32 Å². The Labute approximate surface area is 155 Å². The van der Waals surface area contributed by atoms with E-state index in [4.69, 9.17) is 9.47 Å². The Morgan fingerprint density at radius 1 is 1.04 bits per heavy atom. The highest BCUT2D eigenvalue weighted by molar-refractivity contribution is 7.13. The Morgan fingerprint density at radius 2 is 1.73 bits per heavy atom. The van der Waals surface area contributed by atoms with Crippen LogP contribution in [0.15, 0.2) is 35.7 Å². The zero-order chi connectivity index (χ0) is 18.6. The first kappa shape index (κ1) is 17.0. The summed E-state index contributed by atoms with van der Waals surface area (Å²) in [6.07, 6.45) is 0.572. The molecule has 1 aromatic carbocycles. The van der Waals surface area contributed by atoms with Crippen LogP contribution in [0.3, 0.4) is 0 Å². The highest BCUT2D eigenvalue weighted by Gasteiger charge is 2.67. The lowest BCUT2D eigenvalue weighted by Gasteiger charge is -2.20. The van der Waals surface area contributed by atoms with Gasteiger partial charge in [0.15, 0.2) is 16.1 Å². The van der Waals surface area contributed by atoms with Gasteiger partial charge in [0.25, 0.3) is 0 Å². The van der Waals surface area contributed by atoms with Crippen LogP contribution in [0.1, 0.15) is 39.3 Å². The summed E-state index contributed by atoms with van der Waals surface area (Å²) >= 11 is 1.43. The quantitative estimate of drug-likeness (QED) is 0.653. The van der Waals surface area contributed by atoms with Gasteiger partial charge in [0.05, 0.1) is 5.69 Å². The predicted molar refractivity (Wildman–Crippen MR) is 97.1 cm³/mol. The van der Waals surface area contributed by atoms with Crippen molar-refractivity contribution in [2.45, 2.75) is 44.8 Å². The Bertz CT molecular complexity index is 879. The third-order valence-electron chi connectivity index (χ3n) is 4.91. The molecule has 2 fully saturated rings. The lowest BCUT2D eigenvalue weighted by atomic mass is 9.75. The van der Waals surface area contributed by atoms with Crippen LogP contribution in [0, 0.1) is 5.41 Å². The van der Waals surface area contributed by atoms with Gasteiger partial charge in [0.1, 0.15) is 5.60 Å². The number of aromatic nitrogens is 1. The van der Waals surface area contributed by atoms with Gasteiger partial charge in [-0.15, -0.1) is 11.3 Å². The summed E-state index contributed by atoms with van der Waals surface area (Å²) in [6, 6.07) is 9.72. The average Bonchev–Trinajstić information content (AvgIpc) is 3.18. The molecule has 2 aromatic rings.